The van der Waals surface area contributed by atoms with E-state index in [9.17, 15) is 13.2 Å². The molecule has 0 aromatic heterocycles. The predicted molar refractivity (Wildman–Crippen MR) is 112 cm³/mol. The van der Waals surface area contributed by atoms with Gasteiger partial charge in [0.1, 0.15) is 0 Å². The van der Waals surface area contributed by atoms with E-state index in [0.717, 1.165) is 18.5 Å². The number of anilines is 1. The molecular weight excluding hydrogens is 372 g/mol. The van der Waals surface area contributed by atoms with Gasteiger partial charge in [-0.05, 0) is 36.5 Å². The Kier molecular flexibility index (Phi) is 5.53. The molecule has 5 nitrogen and oxygen atoms in total. The number of hydrogen-bond donors (Lipinski definition) is 0. The van der Waals surface area contributed by atoms with E-state index < -0.39 is 9.84 Å². The number of benzene rings is 1. The van der Waals surface area contributed by atoms with Crippen LogP contribution in [0.25, 0.3) is 0 Å². The molecule has 3 fully saturated rings. The minimum atomic E-state index is -3.13. The third-order valence-corrected chi connectivity index (χ3v) is 8.47. The summed E-state index contributed by atoms with van der Waals surface area (Å²) >= 11 is 0. The van der Waals surface area contributed by atoms with Gasteiger partial charge < -0.3 is 4.90 Å². The van der Waals surface area contributed by atoms with Gasteiger partial charge in [-0.25, -0.2) is 8.42 Å². The molecule has 4 rings (SSSR count). The molecule has 28 heavy (non-hydrogen) atoms. The Morgan fingerprint density at radius 1 is 0.929 bits per heavy atom. The van der Waals surface area contributed by atoms with Crippen LogP contribution in [0.15, 0.2) is 24.3 Å². The molecule has 1 aliphatic carbocycles. The summed E-state index contributed by atoms with van der Waals surface area (Å²) in [6, 6.07) is 8.09. The Labute approximate surface area is 169 Å². The van der Waals surface area contributed by atoms with Crippen LogP contribution in [0.5, 0.6) is 0 Å². The van der Waals surface area contributed by atoms with E-state index in [1.54, 1.807) is 4.90 Å². The van der Waals surface area contributed by atoms with E-state index in [1.165, 1.54) is 31.2 Å². The Bertz CT molecular complexity index is 811. The molecule has 1 aromatic carbocycles. The maximum atomic E-state index is 13.2. The zero-order valence-electron chi connectivity index (χ0n) is 17.0. The van der Waals surface area contributed by atoms with Gasteiger partial charge in [0.2, 0.25) is 5.91 Å². The molecule has 0 N–H and O–H groups in total. The molecule has 3 aliphatic rings. The zero-order valence-corrected chi connectivity index (χ0v) is 17.8. The SMILES string of the molecule is CC(C)c1ccc(N2C(=O)CN(C3CCCCCC3)[C@@H]3CS(=O)(=O)C[C@@H]32)cc1. The highest BCUT2D eigenvalue weighted by Gasteiger charge is 2.51. The Morgan fingerprint density at radius 2 is 1.54 bits per heavy atom. The normalized spacial score (nSPS) is 29.1. The molecule has 1 aromatic rings. The molecule has 1 saturated carbocycles. The molecule has 6 heteroatoms. The van der Waals surface area contributed by atoms with Gasteiger partial charge in [-0.15, -0.1) is 0 Å². The van der Waals surface area contributed by atoms with Crippen LogP contribution in [0.4, 0.5) is 5.69 Å². The van der Waals surface area contributed by atoms with Crippen LogP contribution in [0.2, 0.25) is 0 Å². The monoisotopic (exact) mass is 404 g/mol. The molecule has 154 valence electrons. The molecule has 2 heterocycles. The summed E-state index contributed by atoms with van der Waals surface area (Å²) in [5.74, 6) is 0.733. The Hall–Kier alpha value is -1.40. The molecule has 2 saturated heterocycles. The molecular formula is C22H32N2O3S. The van der Waals surface area contributed by atoms with Crippen LogP contribution in [0.3, 0.4) is 0 Å². The lowest BCUT2D eigenvalue weighted by Gasteiger charge is -2.46. The third-order valence-electron chi connectivity index (χ3n) is 6.77. The third kappa shape index (κ3) is 3.86. The predicted octanol–water partition coefficient (Wildman–Crippen LogP) is 3.35. The van der Waals surface area contributed by atoms with Gasteiger partial charge in [0.25, 0.3) is 0 Å². The lowest BCUT2D eigenvalue weighted by Crippen LogP contribution is -2.64. The highest BCUT2D eigenvalue weighted by molar-refractivity contribution is 7.91. The Morgan fingerprint density at radius 3 is 2.14 bits per heavy atom. The van der Waals surface area contributed by atoms with E-state index in [1.807, 2.05) is 12.1 Å². The molecule has 1 amide bonds. The first kappa shape index (κ1) is 19.9. The largest absolute Gasteiger partial charge is 0.306 e. The van der Waals surface area contributed by atoms with E-state index in [4.69, 9.17) is 0 Å². The number of piperazine rings is 1. The van der Waals surface area contributed by atoms with E-state index >= 15 is 0 Å². The summed E-state index contributed by atoms with van der Waals surface area (Å²) in [6.07, 6.45) is 7.02. The Balaban J connectivity index is 1.64. The van der Waals surface area contributed by atoms with Crippen LogP contribution in [-0.2, 0) is 14.6 Å². The molecule has 0 spiro atoms. The number of rotatable bonds is 3. The molecule has 0 unspecified atom stereocenters. The lowest BCUT2D eigenvalue weighted by molar-refractivity contribution is -0.124. The summed E-state index contributed by atoms with van der Waals surface area (Å²) in [5.41, 5.74) is 2.06. The van der Waals surface area contributed by atoms with Crippen molar-refractivity contribution in [1.82, 2.24) is 4.90 Å². The maximum absolute atomic E-state index is 13.2. The first-order valence-corrected chi connectivity index (χ1v) is 12.6. The van der Waals surface area contributed by atoms with Crippen molar-refractivity contribution < 1.29 is 13.2 Å². The van der Waals surface area contributed by atoms with Crippen LogP contribution in [-0.4, -0.2) is 55.4 Å². The fraction of sp³-hybridized carbons (Fsp3) is 0.682. The first-order chi connectivity index (χ1) is 13.4. The average Bonchev–Trinajstić information content (AvgIpc) is 2.83. The fourth-order valence-electron chi connectivity index (χ4n) is 5.25. The number of fused-ring (bicyclic) bond motifs is 1. The fourth-order valence-corrected chi connectivity index (χ4v) is 7.21. The summed E-state index contributed by atoms with van der Waals surface area (Å²) in [7, 11) is -3.13. The van der Waals surface area contributed by atoms with Crippen molar-refractivity contribution in [2.24, 2.45) is 0 Å². The maximum Gasteiger partial charge on any atom is 0.241 e. The number of hydrogen-bond acceptors (Lipinski definition) is 4. The molecule has 0 bridgehead atoms. The van der Waals surface area contributed by atoms with Crippen molar-refractivity contribution in [3.05, 3.63) is 29.8 Å². The summed E-state index contributed by atoms with van der Waals surface area (Å²) in [4.78, 5) is 17.2. The van der Waals surface area contributed by atoms with Crippen molar-refractivity contribution in [3.8, 4) is 0 Å². The summed E-state index contributed by atoms with van der Waals surface area (Å²) < 4.78 is 25.1. The van der Waals surface area contributed by atoms with Crippen LogP contribution < -0.4 is 4.90 Å². The van der Waals surface area contributed by atoms with Gasteiger partial charge in [-0.2, -0.15) is 0 Å². The highest BCUT2D eigenvalue weighted by Crippen LogP contribution is 2.35. The van der Waals surface area contributed by atoms with Gasteiger partial charge in [0.15, 0.2) is 9.84 Å². The first-order valence-electron chi connectivity index (χ1n) is 10.7. The number of nitrogens with zero attached hydrogens (tertiary/aromatic N) is 2. The second-order valence-electron chi connectivity index (χ2n) is 9.04. The number of carbonyl (C=O) groups is 1. The van der Waals surface area contributed by atoms with E-state index in [-0.39, 0.29) is 29.5 Å². The van der Waals surface area contributed by atoms with Gasteiger partial charge in [-0.3, -0.25) is 9.69 Å². The van der Waals surface area contributed by atoms with Crippen molar-refractivity contribution in [2.75, 3.05) is 23.0 Å². The van der Waals surface area contributed by atoms with Gasteiger partial charge in [0.05, 0.1) is 24.1 Å². The van der Waals surface area contributed by atoms with E-state index in [2.05, 4.69) is 30.9 Å². The summed E-state index contributed by atoms with van der Waals surface area (Å²) in [5, 5.41) is 0. The smallest absolute Gasteiger partial charge is 0.241 e. The zero-order chi connectivity index (χ0) is 19.9. The topological polar surface area (TPSA) is 57.7 Å². The second-order valence-corrected chi connectivity index (χ2v) is 11.2. The number of amides is 1. The molecule has 2 atom stereocenters. The standard InChI is InChI=1S/C22H32N2O3S/c1-16(2)17-9-11-19(12-10-17)24-21-15-28(26,27)14-20(21)23(13-22(24)25)18-7-5-3-4-6-8-18/h9-12,16,18,20-21H,3-8,13-15H2,1-2H3/t20-,21+/m1/s1. The van der Waals surface area contributed by atoms with Gasteiger partial charge in [0, 0.05) is 17.8 Å². The molecule has 2 aliphatic heterocycles. The van der Waals surface area contributed by atoms with Crippen molar-refractivity contribution >= 4 is 21.4 Å². The van der Waals surface area contributed by atoms with Crippen LogP contribution in [0.1, 0.15) is 63.9 Å². The van der Waals surface area contributed by atoms with Crippen LogP contribution in [0, 0.1) is 0 Å². The van der Waals surface area contributed by atoms with Crippen molar-refractivity contribution in [3.63, 3.8) is 0 Å². The van der Waals surface area contributed by atoms with Crippen LogP contribution >= 0.6 is 0 Å². The molecule has 0 radical (unpaired) electrons. The summed E-state index contributed by atoms with van der Waals surface area (Å²) in [6.45, 7) is 4.63. The van der Waals surface area contributed by atoms with Gasteiger partial charge >= 0.3 is 0 Å². The lowest BCUT2D eigenvalue weighted by atomic mass is 9.97. The van der Waals surface area contributed by atoms with Crippen molar-refractivity contribution in [2.45, 2.75) is 76.4 Å². The van der Waals surface area contributed by atoms with Gasteiger partial charge in [-0.1, -0.05) is 51.7 Å². The van der Waals surface area contributed by atoms with Crippen molar-refractivity contribution in [1.29, 1.82) is 0 Å². The minimum Gasteiger partial charge on any atom is -0.306 e. The second kappa shape index (κ2) is 7.79. The van der Waals surface area contributed by atoms with E-state index in [0.29, 0.717) is 18.5 Å². The highest BCUT2D eigenvalue weighted by atomic mass is 32.2. The number of carbonyl (C=O) groups excluding carboxylic acids is 1. The minimum absolute atomic E-state index is 0.0416. The number of sulfone groups is 1. The average molecular weight is 405 g/mol. The quantitative estimate of drug-likeness (QED) is 0.725.